The molecule has 0 spiro atoms. The smallest absolute Gasteiger partial charge is 0.162 e. The van der Waals surface area contributed by atoms with Crippen LogP contribution in [0.3, 0.4) is 0 Å². The van der Waals surface area contributed by atoms with Gasteiger partial charge >= 0.3 is 0 Å². The molecule has 0 aliphatic heterocycles. The van der Waals surface area contributed by atoms with Gasteiger partial charge in [0.15, 0.2) is 5.15 Å². The first-order valence-electron chi connectivity index (χ1n) is 6.61. The standard InChI is InChI=1S/C15H16ClN3OS/c1-10(2)9-20-13-6-4-3-5-11(13)8-18-15-12(7-17)14(16)19-21-15/h3-6,10,18H,8-9H2,1-2H3. The van der Waals surface area contributed by atoms with Crippen LogP contribution in [0.5, 0.6) is 5.75 Å². The van der Waals surface area contributed by atoms with Crippen molar-refractivity contribution in [3.05, 3.63) is 40.5 Å². The van der Waals surface area contributed by atoms with Crippen molar-refractivity contribution in [2.75, 3.05) is 11.9 Å². The third-order valence-electron chi connectivity index (χ3n) is 2.75. The first-order valence-corrected chi connectivity index (χ1v) is 7.76. The van der Waals surface area contributed by atoms with Gasteiger partial charge in [-0.1, -0.05) is 43.6 Å². The minimum atomic E-state index is 0.245. The second-order valence-corrected chi connectivity index (χ2v) is 6.09. The molecule has 0 fully saturated rings. The number of rotatable bonds is 6. The summed E-state index contributed by atoms with van der Waals surface area (Å²) >= 11 is 7.04. The zero-order valence-corrected chi connectivity index (χ0v) is 13.5. The van der Waals surface area contributed by atoms with E-state index in [1.54, 1.807) is 0 Å². The molecule has 0 saturated heterocycles. The first kappa shape index (κ1) is 15.6. The Morgan fingerprint density at radius 2 is 2.19 bits per heavy atom. The van der Waals surface area contributed by atoms with E-state index in [4.69, 9.17) is 21.6 Å². The monoisotopic (exact) mass is 321 g/mol. The number of halogens is 1. The van der Waals surface area contributed by atoms with Crippen LogP contribution in [0.15, 0.2) is 24.3 Å². The number of hydrogen-bond donors (Lipinski definition) is 1. The molecule has 110 valence electrons. The van der Waals surface area contributed by atoms with Crippen molar-refractivity contribution in [3.8, 4) is 11.8 Å². The topological polar surface area (TPSA) is 57.9 Å². The van der Waals surface area contributed by atoms with Gasteiger partial charge in [0, 0.05) is 12.1 Å². The van der Waals surface area contributed by atoms with E-state index < -0.39 is 0 Å². The summed E-state index contributed by atoms with van der Waals surface area (Å²) in [6.45, 7) is 5.45. The molecule has 2 rings (SSSR count). The van der Waals surface area contributed by atoms with Crippen LogP contribution in [0.1, 0.15) is 25.0 Å². The van der Waals surface area contributed by atoms with Crippen LogP contribution >= 0.6 is 23.1 Å². The van der Waals surface area contributed by atoms with E-state index in [0.29, 0.717) is 29.6 Å². The fourth-order valence-corrected chi connectivity index (χ4v) is 2.64. The molecule has 1 aromatic heterocycles. The van der Waals surface area contributed by atoms with Gasteiger partial charge in [-0.15, -0.1) is 0 Å². The molecule has 1 heterocycles. The Morgan fingerprint density at radius 1 is 1.43 bits per heavy atom. The fraction of sp³-hybridized carbons (Fsp3) is 0.333. The molecule has 4 nitrogen and oxygen atoms in total. The zero-order chi connectivity index (χ0) is 15.2. The van der Waals surface area contributed by atoms with Crippen LogP contribution in [0.2, 0.25) is 5.15 Å². The number of benzene rings is 1. The Labute approximate surface area is 133 Å². The molecule has 0 unspecified atom stereocenters. The highest BCUT2D eigenvalue weighted by Crippen LogP contribution is 2.29. The van der Waals surface area contributed by atoms with E-state index in [2.05, 4.69) is 29.6 Å². The predicted octanol–water partition coefficient (Wildman–Crippen LogP) is 4.32. The summed E-state index contributed by atoms with van der Waals surface area (Å²) in [5.74, 6) is 1.32. The van der Waals surface area contributed by atoms with E-state index in [9.17, 15) is 0 Å². The molecule has 0 atom stereocenters. The zero-order valence-electron chi connectivity index (χ0n) is 11.9. The first-order chi connectivity index (χ1) is 10.1. The molecule has 0 aliphatic carbocycles. The Kier molecular flexibility index (Phi) is 5.43. The third-order valence-corrected chi connectivity index (χ3v) is 3.93. The summed E-state index contributed by atoms with van der Waals surface area (Å²) in [5, 5.41) is 13.2. The number of nitrogens with zero attached hydrogens (tertiary/aromatic N) is 2. The van der Waals surface area contributed by atoms with Crippen molar-refractivity contribution in [1.82, 2.24) is 4.37 Å². The minimum absolute atomic E-state index is 0.245. The van der Waals surface area contributed by atoms with Crippen molar-refractivity contribution < 1.29 is 4.74 Å². The second kappa shape index (κ2) is 7.30. The maximum absolute atomic E-state index is 9.05. The van der Waals surface area contributed by atoms with Gasteiger partial charge in [-0.2, -0.15) is 9.64 Å². The maximum atomic E-state index is 9.05. The number of hydrogen-bond acceptors (Lipinski definition) is 5. The second-order valence-electron chi connectivity index (χ2n) is 4.96. The SMILES string of the molecule is CC(C)COc1ccccc1CNc1snc(Cl)c1C#N. The molecule has 0 saturated carbocycles. The van der Waals surface area contributed by atoms with Crippen LogP contribution in [-0.2, 0) is 6.54 Å². The fourth-order valence-electron chi connectivity index (χ4n) is 1.71. The molecule has 2 aromatic rings. The highest BCUT2D eigenvalue weighted by Gasteiger charge is 2.12. The van der Waals surface area contributed by atoms with Gasteiger partial charge in [-0.05, 0) is 23.5 Å². The summed E-state index contributed by atoms with van der Waals surface area (Å²) in [6.07, 6.45) is 0. The van der Waals surface area contributed by atoms with Crippen LogP contribution in [0.4, 0.5) is 5.00 Å². The molecule has 21 heavy (non-hydrogen) atoms. The van der Waals surface area contributed by atoms with Crippen LogP contribution in [-0.4, -0.2) is 11.0 Å². The van der Waals surface area contributed by atoms with E-state index in [1.165, 1.54) is 11.5 Å². The summed E-state index contributed by atoms with van der Waals surface area (Å²) < 4.78 is 9.78. The lowest BCUT2D eigenvalue weighted by molar-refractivity contribution is 0.269. The normalized spacial score (nSPS) is 10.4. The van der Waals surface area contributed by atoms with Gasteiger partial charge in [0.2, 0.25) is 0 Å². The Balaban J connectivity index is 2.08. The molecule has 0 amide bonds. The van der Waals surface area contributed by atoms with Crippen molar-refractivity contribution in [2.24, 2.45) is 5.92 Å². The van der Waals surface area contributed by atoms with Crippen LogP contribution in [0, 0.1) is 17.2 Å². The molecule has 0 radical (unpaired) electrons. The molecule has 0 bridgehead atoms. The van der Waals surface area contributed by atoms with Crippen molar-refractivity contribution >= 4 is 28.1 Å². The largest absolute Gasteiger partial charge is 0.493 e. The number of anilines is 1. The van der Waals surface area contributed by atoms with Crippen molar-refractivity contribution in [3.63, 3.8) is 0 Å². The number of nitriles is 1. The maximum Gasteiger partial charge on any atom is 0.162 e. The van der Waals surface area contributed by atoms with Gasteiger partial charge in [0.25, 0.3) is 0 Å². The van der Waals surface area contributed by atoms with Crippen LogP contribution in [0.25, 0.3) is 0 Å². The van der Waals surface area contributed by atoms with Gasteiger partial charge in [0.1, 0.15) is 22.4 Å². The van der Waals surface area contributed by atoms with E-state index in [-0.39, 0.29) is 5.15 Å². The van der Waals surface area contributed by atoms with Crippen molar-refractivity contribution in [1.29, 1.82) is 5.26 Å². The summed E-state index contributed by atoms with van der Waals surface area (Å²) in [7, 11) is 0. The Bertz CT molecular complexity index is 649. The van der Waals surface area contributed by atoms with Crippen LogP contribution < -0.4 is 10.1 Å². The number of para-hydroxylation sites is 1. The summed E-state index contributed by atoms with van der Waals surface area (Å²) in [4.78, 5) is 0. The predicted molar refractivity (Wildman–Crippen MR) is 85.9 cm³/mol. The highest BCUT2D eigenvalue weighted by molar-refractivity contribution is 7.10. The Morgan fingerprint density at radius 3 is 2.90 bits per heavy atom. The molecular formula is C15H16ClN3OS. The van der Waals surface area contributed by atoms with Crippen molar-refractivity contribution in [2.45, 2.75) is 20.4 Å². The minimum Gasteiger partial charge on any atom is -0.493 e. The van der Waals surface area contributed by atoms with Gasteiger partial charge in [0.05, 0.1) is 6.61 Å². The quantitative estimate of drug-likeness (QED) is 0.861. The lowest BCUT2D eigenvalue weighted by Crippen LogP contribution is -2.08. The number of nitrogens with one attached hydrogen (secondary N) is 1. The average molecular weight is 322 g/mol. The van der Waals surface area contributed by atoms with E-state index in [0.717, 1.165) is 11.3 Å². The third kappa shape index (κ3) is 4.10. The van der Waals surface area contributed by atoms with Gasteiger partial charge in [-0.25, -0.2) is 0 Å². The lowest BCUT2D eigenvalue weighted by Gasteiger charge is -2.13. The molecule has 6 heteroatoms. The molecular weight excluding hydrogens is 306 g/mol. The molecule has 1 N–H and O–H groups in total. The molecule has 1 aromatic carbocycles. The van der Waals surface area contributed by atoms with E-state index >= 15 is 0 Å². The highest BCUT2D eigenvalue weighted by atomic mass is 35.5. The lowest BCUT2D eigenvalue weighted by atomic mass is 10.2. The summed E-state index contributed by atoms with van der Waals surface area (Å²) in [6, 6.07) is 9.91. The number of ether oxygens (including phenoxy) is 1. The van der Waals surface area contributed by atoms with Gasteiger partial charge < -0.3 is 10.1 Å². The number of aromatic nitrogens is 1. The Hall–Kier alpha value is -1.77. The molecule has 0 aliphatic rings. The van der Waals surface area contributed by atoms with Gasteiger partial charge in [-0.3, -0.25) is 0 Å². The summed E-state index contributed by atoms with van der Waals surface area (Å²) in [5.41, 5.74) is 1.42. The average Bonchev–Trinajstić information content (AvgIpc) is 2.83. The van der Waals surface area contributed by atoms with E-state index in [1.807, 2.05) is 24.3 Å².